The van der Waals surface area contributed by atoms with Crippen molar-refractivity contribution in [2.45, 2.75) is 39.2 Å². The molecule has 16 heavy (non-hydrogen) atoms. The zero-order chi connectivity index (χ0) is 12.0. The molecule has 0 spiro atoms. The third-order valence-corrected chi connectivity index (χ3v) is 2.47. The molecule has 1 unspecified atom stereocenters. The van der Waals surface area contributed by atoms with Crippen LogP contribution in [0.5, 0.6) is 0 Å². The third-order valence-electron chi connectivity index (χ3n) is 2.47. The molecule has 0 aliphatic rings. The zero-order valence-electron chi connectivity index (χ0n) is 9.86. The van der Waals surface area contributed by atoms with Gasteiger partial charge in [0.25, 0.3) is 5.91 Å². The Balaban J connectivity index is 2.64. The molecule has 0 aliphatic carbocycles. The maximum atomic E-state index is 11.8. The SMILES string of the molecule is CCCC(CC)NC(=O)c1cccc(N)n1. The molecule has 1 aromatic heterocycles. The van der Waals surface area contributed by atoms with Crippen LogP contribution in [-0.2, 0) is 0 Å². The summed E-state index contributed by atoms with van der Waals surface area (Å²) in [6.45, 7) is 4.17. The molecule has 1 heterocycles. The highest BCUT2D eigenvalue weighted by Gasteiger charge is 2.12. The number of aromatic nitrogens is 1. The molecular formula is C12H19N3O. The Hall–Kier alpha value is -1.58. The van der Waals surface area contributed by atoms with Gasteiger partial charge >= 0.3 is 0 Å². The number of pyridine rings is 1. The highest BCUT2D eigenvalue weighted by molar-refractivity contribution is 5.92. The smallest absolute Gasteiger partial charge is 0.270 e. The number of nitrogen functional groups attached to an aromatic ring is 1. The zero-order valence-corrected chi connectivity index (χ0v) is 9.86. The normalized spacial score (nSPS) is 12.1. The highest BCUT2D eigenvalue weighted by Crippen LogP contribution is 2.04. The number of nitrogens with zero attached hydrogens (tertiary/aromatic N) is 1. The molecule has 0 saturated heterocycles. The molecular weight excluding hydrogens is 202 g/mol. The predicted octanol–water partition coefficient (Wildman–Crippen LogP) is 1.97. The molecule has 0 aliphatic heterocycles. The molecule has 1 aromatic rings. The van der Waals surface area contributed by atoms with E-state index in [1.807, 2.05) is 0 Å². The van der Waals surface area contributed by atoms with E-state index in [1.165, 1.54) is 0 Å². The van der Waals surface area contributed by atoms with E-state index in [1.54, 1.807) is 18.2 Å². The van der Waals surface area contributed by atoms with E-state index in [9.17, 15) is 4.79 Å². The van der Waals surface area contributed by atoms with Gasteiger partial charge in [0, 0.05) is 6.04 Å². The summed E-state index contributed by atoms with van der Waals surface area (Å²) in [5.41, 5.74) is 5.91. The summed E-state index contributed by atoms with van der Waals surface area (Å²) in [6.07, 6.45) is 2.98. The van der Waals surface area contributed by atoms with Crippen LogP contribution in [0.1, 0.15) is 43.6 Å². The number of nitrogens with two attached hydrogens (primary N) is 1. The highest BCUT2D eigenvalue weighted by atomic mass is 16.1. The number of anilines is 1. The van der Waals surface area contributed by atoms with E-state index in [-0.39, 0.29) is 11.9 Å². The first-order valence-corrected chi connectivity index (χ1v) is 5.70. The number of nitrogens with one attached hydrogen (secondary N) is 1. The lowest BCUT2D eigenvalue weighted by atomic mass is 10.1. The van der Waals surface area contributed by atoms with Crippen molar-refractivity contribution in [3.63, 3.8) is 0 Å². The van der Waals surface area contributed by atoms with Crippen LogP contribution in [0.4, 0.5) is 5.82 Å². The monoisotopic (exact) mass is 221 g/mol. The fraction of sp³-hybridized carbons (Fsp3) is 0.500. The van der Waals surface area contributed by atoms with Crippen molar-refractivity contribution in [1.82, 2.24) is 10.3 Å². The summed E-state index contributed by atoms with van der Waals surface area (Å²) in [6, 6.07) is 5.29. The van der Waals surface area contributed by atoms with Gasteiger partial charge in [0.05, 0.1) is 0 Å². The molecule has 0 bridgehead atoms. The minimum atomic E-state index is -0.146. The van der Waals surface area contributed by atoms with Crippen molar-refractivity contribution in [3.8, 4) is 0 Å². The standard InChI is InChI=1S/C12H19N3O/c1-3-6-9(4-2)14-12(16)10-7-5-8-11(13)15-10/h5,7-9H,3-4,6H2,1-2H3,(H2,13,15)(H,14,16). The van der Waals surface area contributed by atoms with Crippen molar-refractivity contribution >= 4 is 11.7 Å². The number of carbonyl (C=O) groups is 1. The lowest BCUT2D eigenvalue weighted by Gasteiger charge is -2.15. The van der Waals surface area contributed by atoms with Crippen molar-refractivity contribution in [2.24, 2.45) is 0 Å². The van der Waals surface area contributed by atoms with Gasteiger partial charge in [-0.1, -0.05) is 26.3 Å². The minimum absolute atomic E-state index is 0.146. The Morgan fingerprint density at radius 1 is 1.50 bits per heavy atom. The summed E-state index contributed by atoms with van der Waals surface area (Å²) in [5, 5.41) is 2.95. The summed E-state index contributed by atoms with van der Waals surface area (Å²) in [5.74, 6) is 0.226. The average molecular weight is 221 g/mol. The fourth-order valence-corrected chi connectivity index (χ4v) is 1.56. The Kier molecular flexibility index (Phi) is 4.76. The van der Waals surface area contributed by atoms with Crippen LogP contribution in [-0.4, -0.2) is 16.9 Å². The molecule has 88 valence electrons. The van der Waals surface area contributed by atoms with Gasteiger partial charge in [0.1, 0.15) is 11.5 Å². The molecule has 0 radical (unpaired) electrons. The first-order chi connectivity index (χ1) is 7.67. The maximum absolute atomic E-state index is 11.8. The van der Waals surface area contributed by atoms with Crippen LogP contribution in [0.3, 0.4) is 0 Å². The fourth-order valence-electron chi connectivity index (χ4n) is 1.56. The van der Waals surface area contributed by atoms with E-state index < -0.39 is 0 Å². The van der Waals surface area contributed by atoms with Crippen LogP contribution >= 0.6 is 0 Å². The van der Waals surface area contributed by atoms with Crippen LogP contribution in [0.15, 0.2) is 18.2 Å². The molecule has 3 N–H and O–H groups in total. The van der Waals surface area contributed by atoms with E-state index in [4.69, 9.17) is 5.73 Å². The molecule has 1 amide bonds. The Labute approximate surface area is 96.3 Å². The van der Waals surface area contributed by atoms with Gasteiger partial charge in [0.15, 0.2) is 0 Å². The lowest BCUT2D eigenvalue weighted by molar-refractivity contribution is 0.0929. The first-order valence-electron chi connectivity index (χ1n) is 5.70. The van der Waals surface area contributed by atoms with Gasteiger partial charge in [-0.3, -0.25) is 4.79 Å². The first kappa shape index (κ1) is 12.5. The van der Waals surface area contributed by atoms with Crippen LogP contribution in [0.2, 0.25) is 0 Å². The summed E-state index contributed by atoms with van der Waals surface area (Å²) in [4.78, 5) is 15.8. The van der Waals surface area contributed by atoms with Crippen LogP contribution in [0, 0.1) is 0 Å². The Bertz CT molecular complexity index is 352. The molecule has 4 heteroatoms. The summed E-state index contributed by atoms with van der Waals surface area (Å²) >= 11 is 0. The van der Waals surface area contributed by atoms with Gasteiger partial charge in [0.2, 0.25) is 0 Å². The Morgan fingerprint density at radius 3 is 2.81 bits per heavy atom. The van der Waals surface area contributed by atoms with Gasteiger partial charge in [-0.05, 0) is 25.0 Å². The second-order valence-electron chi connectivity index (χ2n) is 3.82. The second kappa shape index (κ2) is 6.10. The largest absolute Gasteiger partial charge is 0.384 e. The molecule has 0 aromatic carbocycles. The maximum Gasteiger partial charge on any atom is 0.270 e. The van der Waals surface area contributed by atoms with Crippen LogP contribution < -0.4 is 11.1 Å². The van der Waals surface area contributed by atoms with Gasteiger partial charge < -0.3 is 11.1 Å². The van der Waals surface area contributed by atoms with Gasteiger partial charge in [-0.15, -0.1) is 0 Å². The van der Waals surface area contributed by atoms with E-state index in [2.05, 4.69) is 24.1 Å². The van der Waals surface area contributed by atoms with Crippen molar-refractivity contribution in [2.75, 3.05) is 5.73 Å². The third kappa shape index (κ3) is 3.53. The molecule has 0 saturated carbocycles. The number of hydrogen-bond donors (Lipinski definition) is 2. The Morgan fingerprint density at radius 2 is 2.25 bits per heavy atom. The quantitative estimate of drug-likeness (QED) is 0.798. The van der Waals surface area contributed by atoms with Crippen molar-refractivity contribution < 1.29 is 4.79 Å². The minimum Gasteiger partial charge on any atom is -0.384 e. The van der Waals surface area contributed by atoms with Gasteiger partial charge in [-0.25, -0.2) is 4.98 Å². The number of amides is 1. The van der Waals surface area contributed by atoms with E-state index >= 15 is 0 Å². The van der Waals surface area contributed by atoms with E-state index in [0.717, 1.165) is 19.3 Å². The van der Waals surface area contributed by atoms with Gasteiger partial charge in [-0.2, -0.15) is 0 Å². The number of carbonyl (C=O) groups excluding carboxylic acids is 1. The predicted molar refractivity (Wildman–Crippen MR) is 65.1 cm³/mol. The van der Waals surface area contributed by atoms with Crippen molar-refractivity contribution in [1.29, 1.82) is 0 Å². The molecule has 1 rings (SSSR count). The summed E-state index contributed by atoms with van der Waals surface area (Å²) in [7, 11) is 0. The second-order valence-corrected chi connectivity index (χ2v) is 3.82. The summed E-state index contributed by atoms with van der Waals surface area (Å²) < 4.78 is 0. The lowest BCUT2D eigenvalue weighted by Crippen LogP contribution is -2.34. The molecule has 0 fully saturated rings. The molecule has 1 atom stereocenters. The average Bonchev–Trinajstić information content (AvgIpc) is 2.28. The van der Waals surface area contributed by atoms with Crippen molar-refractivity contribution in [3.05, 3.63) is 23.9 Å². The van der Waals surface area contributed by atoms with E-state index in [0.29, 0.717) is 11.5 Å². The molecule has 4 nitrogen and oxygen atoms in total. The number of rotatable bonds is 5. The topological polar surface area (TPSA) is 68.0 Å². The van der Waals surface area contributed by atoms with Crippen LogP contribution in [0.25, 0.3) is 0 Å². The number of hydrogen-bond acceptors (Lipinski definition) is 3.